The first-order chi connectivity index (χ1) is 7.83. The van der Waals surface area contributed by atoms with Crippen molar-refractivity contribution in [2.45, 2.75) is 17.9 Å². The van der Waals surface area contributed by atoms with E-state index in [4.69, 9.17) is 4.74 Å². The van der Waals surface area contributed by atoms with Gasteiger partial charge in [-0.2, -0.15) is 0 Å². The van der Waals surface area contributed by atoms with E-state index in [2.05, 4.69) is 18.0 Å². The van der Waals surface area contributed by atoms with Gasteiger partial charge in [0.25, 0.3) is 0 Å². The summed E-state index contributed by atoms with van der Waals surface area (Å²) in [6.07, 6.45) is 2.02. The molecule has 1 aromatic heterocycles. The third-order valence-electron chi connectivity index (χ3n) is 2.42. The van der Waals surface area contributed by atoms with Crippen LogP contribution in [-0.4, -0.2) is 10.7 Å². The van der Waals surface area contributed by atoms with Crippen molar-refractivity contribution >= 4 is 23.1 Å². The quantitative estimate of drug-likeness (QED) is 0.769. The van der Waals surface area contributed by atoms with Crippen LogP contribution in [0.5, 0.6) is 5.75 Å². The van der Waals surface area contributed by atoms with Gasteiger partial charge in [-0.05, 0) is 19.1 Å². The van der Waals surface area contributed by atoms with Crippen molar-refractivity contribution in [2.75, 3.05) is 5.75 Å². The molecular formula is C12H11NOS2. The van der Waals surface area contributed by atoms with Crippen LogP contribution in [0.4, 0.5) is 0 Å². The molecule has 1 unspecified atom stereocenters. The van der Waals surface area contributed by atoms with Crippen LogP contribution >= 0.6 is 23.1 Å². The molecule has 3 rings (SSSR count). The molecule has 0 aliphatic carbocycles. The van der Waals surface area contributed by atoms with Gasteiger partial charge in [0.05, 0.1) is 0 Å². The van der Waals surface area contributed by atoms with E-state index in [0.29, 0.717) is 0 Å². The number of aryl methyl sites for hydroxylation is 1. The minimum Gasteiger partial charge on any atom is -0.481 e. The largest absolute Gasteiger partial charge is 0.481 e. The molecule has 0 bridgehead atoms. The van der Waals surface area contributed by atoms with E-state index in [0.717, 1.165) is 16.5 Å². The van der Waals surface area contributed by atoms with Gasteiger partial charge >= 0.3 is 0 Å². The summed E-state index contributed by atoms with van der Waals surface area (Å²) in [5.41, 5.74) is 0. The highest BCUT2D eigenvalue weighted by Gasteiger charge is 2.23. The molecule has 2 heterocycles. The van der Waals surface area contributed by atoms with Crippen molar-refractivity contribution in [3.63, 3.8) is 0 Å². The van der Waals surface area contributed by atoms with Crippen LogP contribution in [0.1, 0.15) is 16.0 Å². The topological polar surface area (TPSA) is 22.1 Å². The normalized spacial score (nSPS) is 18.9. The van der Waals surface area contributed by atoms with Crippen LogP contribution in [0.25, 0.3) is 0 Å². The first-order valence-corrected chi connectivity index (χ1v) is 6.94. The summed E-state index contributed by atoms with van der Waals surface area (Å²) in [4.78, 5) is 6.86. The standard InChI is InChI=1S/C12H11NOS2/c1-8-6-13-12(16-8)10-7-15-11-5-3-2-4-9(11)14-10/h2-6,10H,7H2,1H3. The van der Waals surface area contributed by atoms with Gasteiger partial charge in [-0.1, -0.05) is 12.1 Å². The highest BCUT2D eigenvalue weighted by molar-refractivity contribution is 7.99. The molecule has 0 fully saturated rings. The number of fused-ring (bicyclic) bond motifs is 1. The fraction of sp³-hybridized carbons (Fsp3) is 0.250. The second-order valence-corrected chi connectivity index (χ2v) is 6.00. The lowest BCUT2D eigenvalue weighted by Crippen LogP contribution is -2.14. The van der Waals surface area contributed by atoms with Crippen LogP contribution in [-0.2, 0) is 0 Å². The van der Waals surface area contributed by atoms with Gasteiger partial charge in [0.15, 0.2) is 6.10 Å². The number of thioether (sulfide) groups is 1. The molecule has 16 heavy (non-hydrogen) atoms. The average molecular weight is 249 g/mol. The van der Waals surface area contributed by atoms with Crippen molar-refractivity contribution in [3.05, 3.63) is 40.3 Å². The van der Waals surface area contributed by atoms with Gasteiger partial charge in [-0.3, -0.25) is 0 Å². The molecule has 1 atom stereocenters. The summed E-state index contributed by atoms with van der Waals surface area (Å²) in [5.74, 6) is 1.93. The molecule has 0 saturated carbocycles. The molecule has 0 N–H and O–H groups in total. The summed E-state index contributed by atoms with van der Waals surface area (Å²) in [6.45, 7) is 2.07. The number of thiazole rings is 1. The number of rotatable bonds is 1. The van der Waals surface area contributed by atoms with E-state index in [1.54, 1.807) is 11.3 Å². The third kappa shape index (κ3) is 1.83. The molecule has 0 radical (unpaired) electrons. The van der Waals surface area contributed by atoms with Crippen molar-refractivity contribution < 1.29 is 4.74 Å². The lowest BCUT2D eigenvalue weighted by atomic mass is 10.3. The monoisotopic (exact) mass is 249 g/mol. The molecule has 1 aliphatic heterocycles. The Bertz CT molecular complexity index is 509. The first kappa shape index (κ1) is 10.2. The van der Waals surface area contributed by atoms with Crippen molar-refractivity contribution in [3.8, 4) is 5.75 Å². The van der Waals surface area contributed by atoms with E-state index in [9.17, 15) is 0 Å². The zero-order chi connectivity index (χ0) is 11.0. The van der Waals surface area contributed by atoms with Crippen LogP contribution in [0.3, 0.4) is 0 Å². The van der Waals surface area contributed by atoms with E-state index >= 15 is 0 Å². The predicted octanol–water partition coefficient (Wildman–Crippen LogP) is 3.68. The fourth-order valence-corrected chi connectivity index (χ4v) is 3.56. The van der Waals surface area contributed by atoms with Gasteiger partial charge in [0.1, 0.15) is 10.8 Å². The summed E-state index contributed by atoms with van der Waals surface area (Å²) in [5, 5.41) is 1.08. The average Bonchev–Trinajstić information content (AvgIpc) is 2.75. The van der Waals surface area contributed by atoms with Gasteiger partial charge in [0.2, 0.25) is 0 Å². The Morgan fingerprint density at radius 2 is 2.25 bits per heavy atom. The molecule has 82 valence electrons. The molecule has 0 amide bonds. The molecule has 4 heteroatoms. The van der Waals surface area contributed by atoms with E-state index < -0.39 is 0 Å². The molecule has 0 saturated heterocycles. The Hall–Kier alpha value is -1.00. The maximum absolute atomic E-state index is 5.96. The van der Waals surface area contributed by atoms with E-state index in [1.165, 1.54) is 9.77 Å². The van der Waals surface area contributed by atoms with Crippen LogP contribution in [0, 0.1) is 6.92 Å². The Morgan fingerprint density at radius 3 is 3.06 bits per heavy atom. The Morgan fingerprint density at radius 1 is 1.38 bits per heavy atom. The van der Waals surface area contributed by atoms with Gasteiger partial charge < -0.3 is 4.74 Å². The molecule has 1 aromatic carbocycles. The summed E-state index contributed by atoms with van der Waals surface area (Å²) >= 11 is 3.56. The second-order valence-electron chi connectivity index (χ2n) is 3.67. The van der Waals surface area contributed by atoms with Crippen molar-refractivity contribution in [1.82, 2.24) is 4.98 Å². The summed E-state index contributed by atoms with van der Waals surface area (Å²) in [7, 11) is 0. The maximum Gasteiger partial charge on any atom is 0.159 e. The van der Waals surface area contributed by atoms with Crippen LogP contribution in [0.15, 0.2) is 35.4 Å². The minimum absolute atomic E-state index is 0.110. The smallest absolute Gasteiger partial charge is 0.159 e. The van der Waals surface area contributed by atoms with Gasteiger partial charge in [0, 0.05) is 21.7 Å². The number of para-hydroxylation sites is 1. The first-order valence-electron chi connectivity index (χ1n) is 5.14. The summed E-state index contributed by atoms with van der Waals surface area (Å²) < 4.78 is 5.96. The lowest BCUT2D eigenvalue weighted by Gasteiger charge is -2.23. The highest BCUT2D eigenvalue weighted by atomic mass is 32.2. The zero-order valence-electron chi connectivity index (χ0n) is 8.84. The van der Waals surface area contributed by atoms with Gasteiger partial charge in [-0.25, -0.2) is 4.98 Å². The predicted molar refractivity (Wildman–Crippen MR) is 67.4 cm³/mol. The maximum atomic E-state index is 5.96. The number of nitrogens with zero attached hydrogens (tertiary/aromatic N) is 1. The van der Waals surface area contributed by atoms with Crippen LogP contribution in [0.2, 0.25) is 0 Å². The third-order valence-corrected chi connectivity index (χ3v) is 4.55. The SMILES string of the molecule is Cc1cnc(C2CSc3ccccc3O2)s1. The van der Waals surface area contributed by atoms with Crippen LogP contribution < -0.4 is 4.74 Å². The van der Waals surface area contributed by atoms with Crippen molar-refractivity contribution in [2.24, 2.45) is 0 Å². The molecule has 2 nitrogen and oxygen atoms in total. The highest BCUT2D eigenvalue weighted by Crippen LogP contribution is 2.40. The van der Waals surface area contributed by atoms with Gasteiger partial charge in [-0.15, -0.1) is 23.1 Å². The lowest BCUT2D eigenvalue weighted by molar-refractivity contribution is 0.220. The second kappa shape index (κ2) is 4.11. The Kier molecular flexibility index (Phi) is 2.61. The number of aromatic nitrogens is 1. The van der Waals surface area contributed by atoms with E-state index in [1.807, 2.05) is 36.2 Å². The molecule has 0 spiro atoms. The zero-order valence-corrected chi connectivity index (χ0v) is 10.5. The molecular weight excluding hydrogens is 238 g/mol. The molecule has 2 aromatic rings. The summed E-state index contributed by atoms with van der Waals surface area (Å²) in [6, 6.07) is 8.18. The van der Waals surface area contributed by atoms with E-state index in [-0.39, 0.29) is 6.10 Å². The number of hydrogen-bond acceptors (Lipinski definition) is 4. The Balaban J connectivity index is 1.88. The Labute approximate surface area is 103 Å². The van der Waals surface area contributed by atoms with Crippen molar-refractivity contribution in [1.29, 1.82) is 0 Å². The minimum atomic E-state index is 0.110. The fourth-order valence-electron chi connectivity index (χ4n) is 1.66. The number of ether oxygens (including phenoxy) is 1. The molecule has 1 aliphatic rings. The number of benzene rings is 1. The number of hydrogen-bond donors (Lipinski definition) is 0.